The zero-order chi connectivity index (χ0) is 29.7. The highest BCUT2D eigenvalue weighted by Gasteiger charge is 2.23. The van der Waals surface area contributed by atoms with Gasteiger partial charge in [-0.2, -0.15) is 0 Å². The molecule has 1 heterocycles. The van der Waals surface area contributed by atoms with E-state index >= 15 is 0 Å². The number of methoxy groups -OCH3 is 1. The van der Waals surface area contributed by atoms with Gasteiger partial charge in [-0.05, 0) is 86.6 Å². The van der Waals surface area contributed by atoms with Crippen molar-refractivity contribution in [3.05, 3.63) is 54.1 Å². The summed E-state index contributed by atoms with van der Waals surface area (Å²) in [5.74, 6) is 0.764. The molecule has 1 atom stereocenters. The van der Waals surface area contributed by atoms with E-state index in [1.807, 2.05) is 48.5 Å². The summed E-state index contributed by atoms with van der Waals surface area (Å²) in [6, 6.07) is 15.1. The second-order valence-corrected chi connectivity index (χ2v) is 11.8. The van der Waals surface area contributed by atoms with E-state index in [2.05, 4.69) is 39.6 Å². The first-order valence-corrected chi connectivity index (χ1v) is 15.6. The standard InChI is InChI=1S/C33H49N5O4/c1-25(2)24-31(33(40)35-17-16-34-27-10-14-30(15-11-27)42-29-6-4-5-7-29)36-32(39)26-8-12-28(13-9-26)38-20-18-37(19-21-38)22-23-41-3/h8-15,25,29,31,34H,4-7,16-24H2,1-3H3,(H,35,40)(H,36,39)/t31-/m0/s1. The van der Waals surface area contributed by atoms with E-state index in [1.165, 1.54) is 12.8 Å². The van der Waals surface area contributed by atoms with Gasteiger partial charge in [-0.25, -0.2) is 0 Å². The number of nitrogens with zero attached hydrogens (tertiary/aromatic N) is 2. The van der Waals surface area contributed by atoms with E-state index in [1.54, 1.807) is 7.11 Å². The molecule has 0 radical (unpaired) electrons. The molecule has 230 valence electrons. The number of hydrogen-bond acceptors (Lipinski definition) is 7. The fraction of sp³-hybridized carbons (Fsp3) is 0.576. The van der Waals surface area contributed by atoms with Crippen LogP contribution in [0.2, 0.25) is 0 Å². The summed E-state index contributed by atoms with van der Waals surface area (Å²) in [4.78, 5) is 30.9. The van der Waals surface area contributed by atoms with Gasteiger partial charge in [0.1, 0.15) is 11.8 Å². The number of carbonyl (C=O) groups is 2. The number of ether oxygens (including phenoxy) is 2. The minimum atomic E-state index is -0.593. The summed E-state index contributed by atoms with van der Waals surface area (Å²) >= 11 is 0. The van der Waals surface area contributed by atoms with E-state index in [4.69, 9.17) is 9.47 Å². The second kappa shape index (κ2) is 16.4. The summed E-state index contributed by atoms with van der Waals surface area (Å²) < 4.78 is 11.2. The van der Waals surface area contributed by atoms with Gasteiger partial charge in [0, 0.05) is 69.9 Å². The number of piperazine rings is 1. The lowest BCUT2D eigenvalue weighted by molar-refractivity contribution is -0.123. The van der Waals surface area contributed by atoms with Crippen LogP contribution in [0.4, 0.5) is 11.4 Å². The number of anilines is 2. The van der Waals surface area contributed by atoms with Crippen molar-refractivity contribution in [2.24, 2.45) is 5.92 Å². The lowest BCUT2D eigenvalue weighted by Crippen LogP contribution is -2.48. The predicted molar refractivity (Wildman–Crippen MR) is 169 cm³/mol. The Morgan fingerprint density at radius 2 is 1.62 bits per heavy atom. The Labute approximate surface area is 251 Å². The molecule has 0 bridgehead atoms. The average Bonchev–Trinajstić information content (AvgIpc) is 3.52. The van der Waals surface area contributed by atoms with E-state index in [9.17, 15) is 9.59 Å². The minimum absolute atomic E-state index is 0.165. The van der Waals surface area contributed by atoms with E-state index in [0.29, 0.717) is 31.2 Å². The number of rotatable bonds is 15. The van der Waals surface area contributed by atoms with Crippen LogP contribution in [0.3, 0.4) is 0 Å². The van der Waals surface area contributed by atoms with Crippen LogP contribution >= 0.6 is 0 Å². The summed E-state index contributed by atoms with van der Waals surface area (Å²) in [5, 5.41) is 9.29. The molecule has 0 spiro atoms. The van der Waals surface area contributed by atoms with Crippen molar-refractivity contribution in [1.29, 1.82) is 0 Å². The lowest BCUT2D eigenvalue weighted by atomic mass is 10.0. The zero-order valence-electron chi connectivity index (χ0n) is 25.6. The van der Waals surface area contributed by atoms with Crippen LogP contribution in [0, 0.1) is 5.92 Å². The number of amides is 2. The van der Waals surface area contributed by atoms with Crippen molar-refractivity contribution in [3.8, 4) is 5.75 Å². The van der Waals surface area contributed by atoms with E-state index in [0.717, 1.165) is 69.3 Å². The van der Waals surface area contributed by atoms with Gasteiger partial charge in [-0.1, -0.05) is 13.8 Å². The molecule has 0 unspecified atom stereocenters. The molecule has 2 aliphatic rings. The van der Waals surface area contributed by atoms with Gasteiger partial charge in [-0.15, -0.1) is 0 Å². The molecule has 9 heteroatoms. The molecule has 2 amide bonds. The monoisotopic (exact) mass is 579 g/mol. The molecular formula is C33H49N5O4. The third-order valence-corrected chi connectivity index (χ3v) is 8.02. The molecule has 0 aromatic heterocycles. The summed E-state index contributed by atoms with van der Waals surface area (Å²) in [7, 11) is 1.73. The van der Waals surface area contributed by atoms with E-state index < -0.39 is 6.04 Å². The number of carbonyl (C=O) groups excluding carboxylic acids is 2. The van der Waals surface area contributed by atoms with Crippen molar-refractivity contribution in [3.63, 3.8) is 0 Å². The Hall–Kier alpha value is -3.30. The fourth-order valence-corrected chi connectivity index (χ4v) is 5.58. The summed E-state index contributed by atoms with van der Waals surface area (Å²) in [6.45, 7) is 10.7. The number of benzene rings is 2. The van der Waals surface area contributed by atoms with Crippen LogP contribution in [-0.4, -0.2) is 88.4 Å². The molecule has 3 N–H and O–H groups in total. The van der Waals surface area contributed by atoms with Gasteiger partial charge in [-0.3, -0.25) is 14.5 Å². The highest BCUT2D eigenvalue weighted by Crippen LogP contribution is 2.25. The highest BCUT2D eigenvalue weighted by molar-refractivity contribution is 5.97. The first-order chi connectivity index (χ1) is 20.4. The van der Waals surface area contributed by atoms with E-state index in [-0.39, 0.29) is 17.7 Å². The van der Waals surface area contributed by atoms with Crippen molar-refractivity contribution >= 4 is 23.2 Å². The fourth-order valence-electron chi connectivity index (χ4n) is 5.58. The van der Waals surface area contributed by atoms with Crippen LogP contribution in [0.15, 0.2) is 48.5 Å². The molecule has 9 nitrogen and oxygen atoms in total. The van der Waals surface area contributed by atoms with Gasteiger partial charge in [0.2, 0.25) is 5.91 Å². The van der Waals surface area contributed by atoms with Crippen LogP contribution < -0.4 is 25.6 Å². The topological polar surface area (TPSA) is 95.2 Å². The maximum Gasteiger partial charge on any atom is 0.251 e. The zero-order valence-corrected chi connectivity index (χ0v) is 25.6. The first-order valence-electron chi connectivity index (χ1n) is 15.6. The van der Waals surface area contributed by atoms with Gasteiger partial charge in [0.05, 0.1) is 12.7 Å². The van der Waals surface area contributed by atoms with Crippen molar-refractivity contribution in [1.82, 2.24) is 15.5 Å². The SMILES string of the molecule is COCCN1CCN(c2ccc(C(=O)N[C@@H](CC(C)C)C(=O)NCCNc3ccc(OC4CCCC4)cc3)cc2)CC1. The molecule has 4 rings (SSSR count). The lowest BCUT2D eigenvalue weighted by Gasteiger charge is -2.36. The van der Waals surface area contributed by atoms with Crippen molar-refractivity contribution in [2.45, 2.75) is 58.1 Å². The normalized spacial score (nSPS) is 16.8. The third-order valence-electron chi connectivity index (χ3n) is 8.02. The Bertz CT molecular complexity index is 1090. The molecule has 2 aromatic rings. The molecule has 1 saturated heterocycles. The van der Waals surface area contributed by atoms with Crippen LogP contribution in [0.1, 0.15) is 56.3 Å². The van der Waals surface area contributed by atoms with Crippen molar-refractivity contribution in [2.75, 3.05) is 69.7 Å². The summed E-state index contributed by atoms with van der Waals surface area (Å²) in [6.07, 6.45) is 5.68. The largest absolute Gasteiger partial charge is 0.490 e. The Kier molecular flexibility index (Phi) is 12.3. The smallest absolute Gasteiger partial charge is 0.251 e. The summed E-state index contributed by atoms with van der Waals surface area (Å²) in [5.41, 5.74) is 2.64. The molecular weight excluding hydrogens is 530 g/mol. The second-order valence-electron chi connectivity index (χ2n) is 11.8. The predicted octanol–water partition coefficient (Wildman–Crippen LogP) is 4.15. The van der Waals surface area contributed by atoms with Gasteiger partial charge < -0.3 is 30.3 Å². The molecule has 1 aliphatic heterocycles. The maximum absolute atomic E-state index is 13.1. The van der Waals surface area contributed by atoms with Crippen LogP contribution in [-0.2, 0) is 9.53 Å². The quantitative estimate of drug-likeness (QED) is 0.273. The molecule has 2 fully saturated rings. The number of hydrogen-bond donors (Lipinski definition) is 3. The first kappa shape index (κ1) is 31.6. The van der Waals surface area contributed by atoms with Crippen LogP contribution in [0.5, 0.6) is 5.75 Å². The Balaban J connectivity index is 1.21. The number of nitrogens with one attached hydrogen (secondary N) is 3. The Morgan fingerprint density at radius 1 is 0.929 bits per heavy atom. The highest BCUT2D eigenvalue weighted by atomic mass is 16.5. The molecule has 1 saturated carbocycles. The minimum Gasteiger partial charge on any atom is -0.490 e. The van der Waals surface area contributed by atoms with Gasteiger partial charge in [0.25, 0.3) is 5.91 Å². The third kappa shape index (κ3) is 9.91. The molecule has 42 heavy (non-hydrogen) atoms. The van der Waals surface area contributed by atoms with Gasteiger partial charge >= 0.3 is 0 Å². The maximum atomic E-state index is 13.1. The van der Waals surface area contributed by atoms with Crippen LogP contribution in [0.25, 0.3) is 0 Å². The molecule has 2 aromatic carbocycles. The Morgan fingerprint density at radius 3 is 2.26 bits per heavy atom. The molecule has 1 aliphatic carbocycles. The average molecular weight is 580 g/mol. The van der Waals surface area contributed by atoms with Gasteiger partial charge in [0.15, 0.2) is 0 Å². The van der Waals surface area contributed by atoms with Crippen molar-refractivity contribution < 1.29 is 19.1 Å².